The summed E-state index contributed by atoms with van der Waals surface area (Å²) >= 11 is 0. The summed E-state index contributed by atoms with van der Waals surface area (Å²) < 4.78 is 64.5. The van der Waals surface area contributed by atoms with Gasteiger partial charge in [0, 0.05) is 4.91 Å². The Kier molecular flexibility index (Phi) is 14.5. The number of rotatable bonds is 16. The van der Waals surface area contributed by atoms with E-state index in [0.29, 0.717) is 6.61 Å². The number of nitrogens with zero attached hydrogens (tertiary/aromatic N) is 3. The number of fused-ring (bicyclic) bond motifs is 1. The van der Waals surface area contributed by atoms with Crippen LogP contribution in [0.15, 0.2) is 96.1 Å². The van der Waals surface area contributed by atoms with Gasteiger partial charge in [0.1, 0.15) is 36.6 Å². The first-order valence-electron chi connectivity index (χ1n) is 19.7. The average molecular weight is 820 g/mol. The summed E-state index contributed by atoms with van der Waals surface area (Å²) in [5.41, 5.74) is 12.9. The molecule has 314 valence electrons. The van der Waals surface area contributed by atoms with Crippen molar-refractivity contribution in [2.45, 2.75) is 140 Å². The van der Waals surface area contributed by atoms with Crippen molar-refractivity contribution >= 4 is 14.3 Å². The molecule has 0 unspecified atom stereocenters. The van der Waals surface area contributed by atoms with E-state index in [0.717, 1.165) is 16.7 Å². The highest BCUT2D eigenvalue weighted by Crippen LogP contribution is 2.43. The molecule has 3 heterocycles. The number of carbonyl (C=O) groups is 1. The molecule has 3 aliphatic rings. The van der Waals surface area contributed by atoms with Crippen LogP contribution in [0, 0.1) is 0 Å². The predicted molar refractivity (Wildman–Crippen MR) is 215 cm³/mol. The topological polar surface area (TPSA) is 158 Å². The normalized spacial score (nSPS) is 29.6. The van der Waals surface area contributed by atoms with Gasteiger partial charge in [-0.25, -0.2) is 4.79 Å². The van der Waals surface area contributed by atoms with Gasteiger partial charge in [-0.3, -0.25) is 0 Å². The molecule has 10 atom stereocenters. The summed E-state index contributed by atoms with van der Waals surface area (Å²) in [5.74, 6) is -1.79. The molecular weight excluding hydrogens is 763 g/mol. The van der Waals surface area contributed by atoms with Gasteiger partial charge in [-0.05, 0) is 54.2 Å². The van der Waals surface area contributed by atoms with E-state index in [-0.39, 0.29) is 24.9 Å². The second kappa shape index (κ2) is 19.1. The molecule has 3 aromatic rings. The molecule has 0 amide bonds. The fourth-order valence-corrected chi connectivity index (χ4v) is 8.36. The largest absolute Gasteiger partial charge is 0.467 e. The summed E-state index contributed by atoms with van der Waals surface area (Å²) in [7, 11) is -1.28. The van der Waals surface area contributed by atoms with E-state index in [1.54, 1.807) is 13.8 Å². The fraction of sp³-hybridized carbons (Fsp3) is 0.558. The van der Waals surface area contributed by atoms with Crippen molar-refractivity contribution < 1.29 is 51.9 Å². The molecule has 0 spiro atoms. The van der Waals surface area contributed by atoms with Gasteiger partial charge in [0.15, 0.2) is 32.8 Å². The maximum atomic E-state index is 13.6. The maximum absolute atomic E-state index is 13.6. The molecule has 14 nitrogen and oxygen atoms in total. The lowest BCUT2D eigenvalue weighted by Gasteiger charge is -2.50. The molecule has 58 heavy (non-hydrogen) atoms. The van der Waals surface area contributed by atoms with Crippen LogP contribution < -0.4 is 0 Å². The van der Waals surface area contributed by atoms with Gasteiger partial charge in [-0.15, -0.1) is 0 Å². The molecule has 3 aromatic carbocycles. The van der Waals surface area contributed by atoms with Crippen LogP contribution in [0.4, 0.5) is 0 Å². The highest BCUT2D eigenvalue weighted by molar-refractivity contribution is 6.74. The van der Waals surface area contributed by atoms with Gasteiger partial charge >= 0.3 is 5.97 Å². The first kappa shape index (κ1) is 43.9. The zero-order chi connectivity index (χ0) is 41.5. The second-order valence-electron chi connectivity index (χ2n) is 16.8. The van der Waals surface area contributed by atoms with Gasteiger partial charge in [0.25, 0.3) is 0 Å². The molecule has 0 aromatic heterocycles. The van der Waals surface area contributed by atoms with Crippen LogP contribution >= 0.6 is 0 Å². The zero-order valence-corrected chi connectivity index (χ0v) is 35.6. The van der Waals surface area contributed by atoms with Crippen LogP contribution in [0.1, 0.15) is 51.3 Å². The molecule has 0 N–H and O–H groups in total. The van der Waals surface area contributed by atoms with Crippen molar-refractivity contribution in [3.8, 4) is 0 Å². The summed E-state index contributed by atoms with van der Waals surface area (Å²) in [6.45, 7) is 15.0. The smallest absolute Gasteiger partial charge is 0.337 e. The molecule has 15 heteroatoms. The lowest BCUT2D eigenvalue weighted by Crippen LogP contribution is -2.66. The molecule has 0 saturated carbocycles. The maximum Gasteiger partial charge on any atom is 0.337 e. The summed E-state index contributed by atoms with van der Waals surface area (Å²) in [6.07, 6.45) is -9.04. The van der Waals surface area contributed by atoms with Gasteiger partial charge in [-0.2, -0.15) is 0 Å². The Labute approximate surface area is 342 Å². The molecule has 6 rings (SSSR count). The van der Waals surface area contributed by atoms with Crippen molar-refractivity contribution in [1.82, 2.24) is 0 Å². The Hall–Kier alpha value is -3.70. The van der Waals surface area contributed by atoms with Crippen LogP contribution in [0.25, 0.3) is 10.4 Å². The van der Waals surface area contributed by atoms with Crippen LogP contribution in [-0.4, -0.2) is 95.1 Å². The van der Waals surface area contributed by atoms with Crippen molar-refractivity contribution in [3.05, 3.63) is 118 Å². The van der Waals surface area contributed by atoms with E-state index in [2.05, 4.69) is 43.9 Å². The highest BCUT2D eigenvalue weighted by Gasteiger charge is 2.60. The molecular formula is C43H57N3O11Si. The summed E-state index contributed by atoms with van der Waals surface area (Å²) in [4.78, 5) is 16.9. The Balaban J connectivity index is 1.40. The van der Waals surface area contributed by atoms with E-state index in [1.165, 1.54) is 7.11 Å². The zero-order valence-electron chi connectivity index (χ0n) is 34.6. The Bertz CT molecular complexity index is 1810. The molecule has 3 saturated heterocycles. The van der Waals surface area contributed by atoms with Crippen LogP contribution in [0.5, 0.6) is 0 Å². The number of esters is 1. The molecule has 0 radical (unpaired) electrons. The quantitative estimate of drug-likeness (QED) is 0.0461. The third kappa shape index (κ3) is 10.7. The minimum Gasteiger partial charge on any atom is -0.467 e. The number of methoxy groups -OCH3 is 1. The lowest BCUT2D eigenvalue weighted by molar-refractivity contribution is -0.329. The average Bonchev–Trinajstić information content (AvgIpc) is 3.52. The molecule has 0 bridgehead atoms. The molecule has 0 aliphatic carbocycles. The number of carbonyl (C=O) groups excluding carboxylic acids is 1. The fourth-order valence-electron chi connectivity index (χ4n) is 7.04. The van der Waals surface area contributed by atoms with Crippen LogP contribution in [0.3, 0.4) is 0 Å². The van der Waals surface area contributed by atoms with Gasteiger partial charge in [0.2, 0.25) is 0 Å². The summed E-state index contributed by atoms with van der Waals surface area (Å²) in [6, 6.07) is 28.0. The van der Waals surface area contributed by atoms with Gasteiger partial charge in [-0.1, -0.05) is 117 Å². The highest BCUT2D eigenvalue weighted by atomic mass is 28.4. The first-order valence-corrected chi connectivity index (χ1v) is 22.6. The van der Waals surface area contributed by atoms with Crippen molar-refractivity contribution in [2.24, 2.45) is 5.11 Å². The van der Waals surface area contributed by atoms with Crippen LogP contribution in [-0.2, 0) is 71.7 Å². The minimum absolute atomic E-state index is 0.0770. The Morgan fingerprint density at radius 3 is 1.88 bits per heavy atom. The van der Waals surface area contributed by atoms with Crippen molar-refractivity contribution in [1.29, 1.82) is 0 Å². The van der Waals surface area contributed by atoms with E-state index in [1.807, 2.05) is 91.0 Å². The third-order valence-corrected chi connectivity index (χ3v) is 15.5. The molecule has 3 aliphatic heterocycles. The van der Waals surface area contributed by atoms with Gasteiger partial charge < -0.3 is 47.1 Å². The number of hydrogen-bond donors (Lipinski definition) is 0. The SMILES string of the molecule is COC(=O)[C@H]1O[C@@H]2OC(C)(C)O[C@@H]2[C@@H](OCc2ccccc2)[C@@H]1O[C@H]1O[C@H](COCc2ccccc2)[C@@H](O[Si](C)(C)C(C)(C)C)[C@H](OCc2ccccc2)[C@H]1N=[N+]=[N-]. The Morgan fingerprint density at radius 2 is 1.34 bits per heavy atom. The number of azide groups is 1. The monoisotopic (exact) mass is 819 g/mol. The first-order chi connectivity index (χ1) is 27.7. The minimum atomic E-state index is -2.54. The van der Waals surface area contributed by atoms with E-state index >= 15 is 0 Å². The lowest BCUT2D eigenvalue weighted by atomic mass is 9.95. The number of benzene rings is 3. The summed E-state index contributed by atoms with van der Waals surface area (Å²) in [5, 5.41) is 4.08. The second-order valence-corrected chi connectivity index (χ2v) is 21.5. The standard InChI is InChI=1S/C43H57N3O11Si/c1-42(2,3)58(7,8)57-33-31(27-49-24-28-18-12-9-13-19-28)52-40(32(45-46-44)34(33)50-25-29-20-14-10-15-21-29)53-36-35(51-26-30-22-16-11-17-23-30)38-41(56-43(4,5)55-38)54-37(36)39(47)48-6/h9-23,31-38,40-41H,24-27H2,1-8H3/t31-,32-,33-,34-,35+,36+,37+,38-,40-,41-/m1/s1. The Morgan fingerprint density at radius 1 is 0.793 bits per heavy atom. The number of ether oxygens (including phenoxy) is 9. The van der Waals surface area contributed by atoms with E-state index < -0.39 is 81.4 Å². The van der Waals surface area contributed by atoms with E-state index in [4.69, 9.17) is 47.1 Å². The van der Waals surface area contributed by atoms with Crippen molar-refractivity contribution in [2.75, 3.05) is 13.7 Å². The molecule has 3 fully saturated rings. The van der Waals surface area contributed by atoms with E-state index in [9.17, 15) is 10.3 Å². The van der Waals surface area contributed by atoms with Crippen molar-refractivity contribution in [3.63, 3.8) is 0 Å². The third-order valence-electron chi connectivity index (χ3n) is 11.0. The van der Waals surface area contributed by atoms with Crippen LogP contribution in [0.2, 0.25) is 18.1 Å². The predicted octanol–water partition coefficient (Wildman–Crippen LogP) is 7.60. The number of hydrogen-bond acceptors (Lipinski definition) is 12. The van der Waals surface area contributed by atoms with Gasteiger partial charge in [0.05, 0.1) is 39.6 Å².